The lowest BCUT2D eigenvalue weighted by Crippen LogP contribution is -2.41. The number of nitrogens with zero attached hydrogens (tertiary/aromatic N) is 3. The molecule has 8 heteroatoms. The Kier molecular flexibility index (Phi) is 6.08. The number of thioether (sulfide) groups is 1. The maximum Gasteiger partial charge on any atom is 0.230 e. The van der Waals surface area contributed by atoms with Crippen molar-refractivity contribution < 1.29 is 13.6 Å². The number of nitrogens with one attached hydrogen (secondary N) is 1. The Hall–Kier alpha value is -2.48. The summed E-state index contributed by atoms with van der Waals surface area (Å²) >= 11 is 1.40. The van der Waals surface area contributed by atoms with E-state index in [0.29, 0.717) is 29.2 Å². The lowest BCUT2D eigenvalue weighted by atomic mass is 9.86. The smallest absolute Gasteiger partial charge is 0.230 e. The van der Waals surface area contributed by atoms with Gasteiger partial charge in [-0.25, -0.2) is 0 Å². The quantitative estimate of drug-likeness (QED) is 0.581. The van der Waals surface area contributed by atoms with E-state index < -0.39 is 0 Å². The predicted octanol–water partition coefficient (Wildman–Crippen LogP) is 4.27. The van der Waals surface area contributed by atoms with Crippen LogP contribution in [0.2, 0.25) is 0 Å². The van der Waals surface area contributed by atoms with E-state index in [4.69, 9.17) is 8.83 Å². The van der Waals surface area contributed by atoms with Crippen LogP contribution in [0.3, 0.4) is 0 Å². The monoisotopic (exact) mass is 414 g/mol. The fourth-order valence-electron chi connectivity index (χ4n) is 3.82. The number of carbonyl (C=O) groups is 1. The van der Waals surface area contributed by atoms with Crippen LogP contribution >= 0.6 is 11.8 Å². The first-order chi connectivity index (χ1) is 14.1. The van der Waals surface area contributed by atoms with Gasteiger partial charge in [0.2, 0.25) is 5.91 Å². The molecule has 7 nitrogen and oxygen atoms in total. The van der Waals surface area contributed by atoms with E-state index in [0.717, 1.165) is 23.5 Å². The molecule has 29 heavy (non-hydrogen) atoms. The maximum absolute atomic E-state index is 12.5. The van der Waals surface area contributed by atoms with E-state index in [9.17, 15) is 4.79 Å². The average Bonchev–Trinajstić information content (AvgIpc) is 3.44. The third-order valence-electron chi connectivity index (χ3n) is 5.50. The van der Waals surface area contributed by atoms with Gasteiger partial charge in [0.25, 0.3) is 0 Å². The molecule has 1 amide bonds. The fourth-order valence-corrected chi connectivity index (χ4v) is 4.57. The van der Waals surface area contributed by atoms with Crippen molar-refractivity contribution in [1.29, 1.82) is 0 Å². The Morgan fingerprint density at radius 3 is 2.83 bits per heavy atom. The molecule has 1 fully saturated rings. The summed E-state index contributed by atoms with van der Waals surface area (Å²) < 4.78 is 12.9. The van der Waals surface area contributed by atoms with E-state index in [1.165, 1.54) is 31.0 Å². The number of hydrogen-bond donors (Lipinski definition) is 1. The zero-order valence-electron chi connectivity index (χ0n) is 16.8. The van der Waals surface area contributed by atoms with Gasteiger partial charge in [-0.2, -0.15) is 0 Å². The number of carbonyl (C=O) groups excluding carboxylic acids is 1. The van der Waals surface area contributed by atoms with E-state index in [1.54, 1.807) is 12.5 Å². The largest absolute Gasteiger partial charge is 0.469 e. The first-order valence-electron chi connectivity index (χ1n) is 10.0. The van der Waals surface area contributed by atoms with Crippen LogP contribution in [0, 0.1) is 12.8 Å². The molecule has 4 rings (SSSR count). The molecule has 1 N–H and O–H groups in total. The molecule has 0 radical (unpaired) electrons. The second kappa shape index (κ2) is 8.90. The first-order valence-corrected chi connectivity index (χ1v) is 11.0. The first kappa shape index (κ1) is 19.8. The number of rotatable bonds is 7. The number of hydrogen-bond acceptors (Lipinski definition) is 6. The highest BCUT2D eigenvalue weighted by molar-refractivity contribution is 7.99. The van der Waals surface area contributed by atoms with Crippen LogP contribution in [0.15, 0.2) is 44.7 Å². The van der Waals surface area contributed by atoms with Gasteiger partial charge >= 0.3 is 0 Å². The van der Waals surface area contributed by atoms with Gasteiger partial charge in [0.05, 0.1) is 30.4 Å². The van der Waals surface area contributed by atoms with E-state index in [2.05, 4.69) is 22.4 Å². The van der Waals surface area contributed by atoms with Crippen molar-refractivity contribution in [3.05, 3.63) is 42.2 Å². The summed E-state index contributed by atoms with van der Waals surface area (Å²) in [5, 5.41) is 12.6. The minimum atomic E-state index is 0.0438. The molecule has 3 aromatic rings. The van der Waals surface area contributed by atoms with Gasteiger partial charge < -0.3 is 14.2 Å². The Bertz CT molecular complexity index is 947. The Balaban J connectivity index is 1.48. The highest BCUT2D eigenvalue weighted by Gasteiger charge is 2.24. The summed E-state index contributed by atoms with van der Waals surface area (Å²) in [6.45, 7) is 4.60. The van der Waals surface area contributed by atoms with Crippen molar-refractivity contribution in [2.75, 3.05) is 5.75 Å². The third kappa shape index (κ3) is 4.58. The topological polar surface area (TPSA) is 86.1 Å². The standard InChI is InChI=1S/C21H26N4O3S/c1-14-6-3-4-8-18(14)22-19(26)13-29-21-24-23-20(17-9-11-27-15(17)2)25(21)12-16-7-5-10-28-16/h5,7,9-11,14,18H,3-4,6,8,12-13H2,1-2H3,(H,22,26). The molecule has 2 unspecified atom stereocenters. The Morgan fingerprint density at radius 2 is 2.10 bits per heavy atom. The van der Waals surface area contributed by atoms with Crippen molar-refractivity contribution in [2.24, 2.45) is 5.92 Å². The second-order valence-electron chi connectivity index (χ2n) is 7.59. The lowest BCUT2D eigenvalue weighted by Gasteiger charge is -2.29. The zero-order valence-corrected chi connectivity index (χ0v) is 17.6. The summed E-state index contributed by atoms with van der Waals surface area (Å²) in [6, 6.07) is 5.93. The van der Waals surface area contributed by atoms with Crippen molar-refractivity contribution in [3.63, 3.8) is 0 Å². The number of amides is 1. The van der Waals surface area contributed by atoms with Gasteiger partial charge in [-0.15, -0.1) is 10.2 Å². The highest BCUT2D eigenvalue weighted by atomic mass is 32.2. The molecule has 0 bridgehead atoms. The Labute approximate surface area is 174 Å². The van der Waals surface area contributed by atoms with Crippen LogP contribution in [0.4, 0.5) is 0 Å². The van der Waals surface area contributed by atoms with Crippen molar-refractivity contribution >= 4 is 17.7 Å². The van der Waals surface area contributed by atoms with Crippen LogP contribution < -0.4 is 5.32 Å². The minimum Gasteiger partial charge on any atom is -0.469 e. The van der Waals surface area contributed by atoms with E-state index >= 15 is 0 Å². The summed E-state index contributed by atoms with van der Waals surface area (Å²) in [5.41, 5.74) is 0.886. The predicted molar refractivity (Wildman–Crippen MR) is 111 cm³/mol. The molecule has 0 aromatic carbocycles. The number of aromatic nitrogens is 3. The molecule has 1 aliphatic carbocycles. The van der Waals surface area contributed by atoms with Gasteiger partial charge in [0, 0.05) is 6.04 Å². The van der Waals surface area contributed by atoms with Gasteiger partial charge in [0.15, 0.2) is 11.0 Å². The minimum absolute atomic E-state index is 0.0438. The van der Waals surface area contributed by atoms with Crippen molar-refractivity contribution in [2.45, 2.75) is 57.3 Å². The zero-order chi connectivity index (χ0) is 20.2. The van der Waals surface area contributed by atoms with Crippen LogP contribution in [0.25, 0.3) is 11.4 Å². The SMILES string of the molecule is Cc1occc1-c1nnc(SCC(=O)NC2CCCCC2C)n1Cc1ccco1. The van der Waals surface area contributed by atoms with Crippen LogP contribution in [0.1, 0.15) is 44.1 Å². The van der Waals surface area contributed by atoms with Crippen molar-refractivity contribution in [1.82, 2.24) is 20.1 Å². The summed E-state index contributed by atoms with van der Waals surface area (Å²) in [5.74, 6) is 3.17. The molecule has 0 spiro atoms. The van der Waals surface area contributed by atoms with Gasteiger partial charge in [-0.05, 0) is 43.9 Å². The highest BCUT2D eigenvalue weighted by Crippen LogP contribution is 2.28. The normalized spacial score (nSPS) is 19.4. The summed E-state index contributed by atoms with van der Waals surface area (Å²) in [7, 11) is 0. The number of aryl methyl sites for hydroxylation is 1. The second-order valence-corrected chi connectivity index (χ2v) is 8.53. The van der Waals surface area contributed by atoms with Gasteiger partial charge in [0.1, 0.15) is 11.5 Å². The molecule has 2 atom stereocenters. The van der Waals surface area contributed by atoms with Crippen molar-refractivity contribution in [3.8, 4) is 11.4 Å². The van der Waals surface area contributed by atoms with Gasteiger partial charge in [-0.1, -0.05) is 31.5 Å². The van der Waals surface area contributed by atoms with Crippen LogP contribution in [-0.2, 0) is 11.3 Å². The molecule has 1 aliphatic rings. The van der Waals surface area contributed by atoms with Gasteiger partial charge in [-0.3, -0.25) is 9.36 Å². The number of furan rings is 2. The van der Waals surface area contributed by atoms with Crippen LogP contribution in [0.5, 0.6) is 0 Å². The molecule has 3 aromatic heterocycles. The summed E-state index contributed by atoms with van der Waals surface area (Å²) in [6.07, 6.45) is 7.98. The van der Waals surface area contributed by atoms with E-state index in [1.807, 2.05) is 29.7 Å². The molecule has 3 heterocycles. The molecule has 154 valence electrons. The maximum atomic E-state index is 12.5. The molecule has 1 saturated carbocycles. The van der Waals surface area contributed by atoms with E-state index in [-0.39, 0.29) is 11.9 Å². The molecule has 0 aliphatic heterocycles. The molecule has 0 saturated heterocycles. The average molecular weight is 415 g/mol. The molecular formula is C21H26N4O3S. The fraction of sp³-hybridized carbons (Fsp3) is 0.476. The molecular weight excluding hydrogens is 388 g/mol. The Morgan fingerprint density at radius 1 is 1.24 bits per heavy atom. The third-order valence-corrected chi connectivity index (χ3v) is 6.47. The lowest BCUT2D eigenvalue weighted by molar-refractivity contribution is -0.119. The summed E-state index contributed by atoms with van der Waals surface area (Å²) in [4.78, 5) is 12.5. The van der Waals surface area contributed by atoms with Crippen LogP contribution in [-0.4, -0.2) is 32.5 Å².